The zero-order chi connectivity index (χ0) is 12.3. The summed E-state index contributed by atoms with van der Waals surface area (Å²) in [6.07, 6.45) is 0. The SMILES string of the molecule is COc1ccc(CN)c(Sc2nc(C)ns2)c1. The quantitative estimate of drug-likeness (QED) is 0.922. The first-order valence-corrected chi connectivity index (χ1v) is 6.67. The van der Waals surface area contributed by atoms with Gasteiger partial charge in [-0.15, -0.1) is 0 Å². The maximum atomic E-state index is 5.71. The summed E-state index contributed by atoms with van der Waals surface area (Å²) in [6, 6.07) is 5.87. The van der Waals surface area contributed by atoms with Crippen LogP contribution in [0, 0.1) is 6.92 Å². The molecular weight excluding hydrogens is 254 g/mol. The summed E-state index contributed by atoms with van der Waals surface area (Å²) in [4.78, 5) is 5.40. The van der Waals surface area contributed by atoms with Gasteiger partial charge < -0.3 is 10.5 Å². The van der Waals surface area contributed by atoms with Crippen LogP contribution in [0.15, 0.2) is 27.4 Å². The Balaban J connectivity index is 2.29. The van der Waals surface area contributed by atoms with E-state index in [1.54, 1.807) is 18.9 Å². The molecule has 0 radical (unpaired) electrons. The van der Waals surface area contributed by atoms with E-state index in [9.17, 15) is 0 Å². The molecule has 0 unspecified atom stereocenters. The van der Waals surface area contributed by atoms with Crippen LogP contribution in [0.4, 0.5) is 0 Å². The average molecular weight is 267 g/mol. The summed E-state index contributed by atoms with van der Waals surface area (Å²) in [5.74, 6) is 1.63. The van der Waals surface area contributed by atoms with Crippen molar-refractivity contribution in [2.75, 3.05) is 7.11 Å². The molecule has 1 aromatic carbocycles. The summed E-state index contributed by atoms with van der Waals surface area (Å²) in [6.45, 7) is 2.39. The second-order valence-corrected chi connectivity index (χ2v) is 5.43. The smallest absolute Gasteiger partial charge is 0.174 e. The van der Waals surface area contributed by atoms with Gasteiger partial charge in [-0.1, -0.05) is 17.8 Å². The van der Waals surface area contributed by atoms with E-state index in [1.165, 1.54) is 11.5 Å². The minimum atomic E-state index is 0.504. The Hall–Kier alpha value is -1.11. The molecule has 0 amide bonds. The standard InChI is InChI=1S/C11H13N3OS2/c1-7-13-11(17-14-7)16-10-5-9(15-2)4-3-8(10)6-12/h3-5H,6,12H2,1-2H3. The molecule has 2 rings (SSSR count). The molecule has 0 aliphatic carbocycles. The molecule has 0 bridgehead atoms. The summed E-state index contributed by atoms with van der Waals surface area (Å²) in [5, 5.41) is 0. The molecule has 0 spiro atoms. The number of aryl methyl sites for hydroxylation is 1. The molecule has 2 N–H and O–H groups in total. The van der Waals surface area contributed by atoms with Crippen molar-refractivity contribution in [2.24, 2.45) is 5.73 Å². The Bertz CT molecular complexity index is 513. The fourth-order valence-corrected chi connectivity index (χ4v) is 3.12. The lowest BCUT2D eigenvalue weighted by atomic mass is 10.2. The van der Waals surface area contributed by atoms with Crippen molar-refractivity contribution < 1.29 is 4.74 Å². The molecule has 4 nitrogen and oxygen atoms in total. The lowest BCUT2D eigenvalue weighted by molar-refractivity contribution is 0.413. The van der Waals surface area contributed by atoms with Gasteiger partial charge >= 0.3 is 0 Å². The Morgan fingerprint density at radius 1 is 1.47 bits per heavy atom. The van der Waals surface area contributed by atoms with Crippen molar-refractivity contribution in [3.63, 3.8) is 0 Å². The number of rotatable bonds is 4. The number of nitrogens with two attached hydrogens (primary N) is 1. The molecule has 2 aromatic rings. The van der Waals surface area contributed by atoms with Crippen molar-refractivity contribution in [1.29, 1.82) is 0 Å². The highest BCUT2D eigenvalue weighted by Gasteiger charge is 2.08. The minimum absolute atomic E-state index is 0.504. The fourth-order valence-electron chi connectivity index (χ4n) is 1.34. The largest absolute Gasteiger partial charge is 0.497 e. The van der Waals surface area contributed by atoms with E-state index in [-0.39, 0.29) is 0 Å². The number of nitrogens with zero attached hydrogens (tertiary/aromatic N) is 2. The van der Waals surface area contributed by atoms with Gasteiger partial charge in [0.15, 0.2) is 4.34 Å². The zero-order valence-corrected chi connectivity index (χ0v) is 11.3. The van der Waals surface area contributed by atoms with E-state index in [0.29, 0.717) is 6.54 Å². The van der Waals surface area contributed by atoms with E-state index in [0.717, 1.165) is 26.4 Å². The van der Waals surface area contributed by atoms with Crippen molar-refractivity contribution in [1.82, 2.24) is 9.36 Å². The van der Waals surface area contributed by atoms with E-state index < -0.39 is 0 Å². The zero-order valence-electron chi connectivity index (χ0n) is 9.64. The maximum Gasteiger partial charge on any atom is 0.174 e. The van der Waals surface area contributed by atoms with E-state index >= 15 is 0 Å². The van der Waals surface area contributed by atoms with Gasteiger partial charge in [0.2, 0.25) is 0 Å². The number of benzene rings is 1. The van der Waals surface area contributed by atoms with E-state index in [4.69, 9.17) is 10.5 Å². The second kappa shape index (κ2) is 5.48. The van der Waals surface area contributed by atoms with Crippen LogP contribution in [0.3, 0.4) is 0 Å². The van der Waals surface area contributed by atoms with Gasteiger partial charge in [-0.3, -0.25) is 0 Å². The normalized spacial score (nSPS) is 10.5. The first kappa shape index (κ1) is 12.3. The average Bonchev–Trinajstić information content (AvgIpc) is 2.74. The molecule has 0 aliphatic rings. The summed E-state index contributed by atoms with van der Waals surface area (Å²) in [7, 11) is 1.65. The van der Waals surface area contributed by atoms with Gasteiger partial charge in [0.25, 0.3) is 0 Å². The lowest BCUT2D eigenvalue weighted by Gasteiger charge is -2.07. The highest BCUT2D eigenvalue weighted by Crippen LogP contribution is 2.33. The van der Waals surface area contributed by atoms with Gasteiger partial charge in [-0.2, -0.15) is 4.37 Å². The summed E-state index contributed by atoms with van der Waals surface area (Å²) >= 11 is 2.97. The van der Waals surface area contributed by atoms with Gasteiger partial charge in [0, 0.05) is 11.4 Å². The third-order valence-corrected chi connectivity index (χ3v) is 4.14. The number of ether oxygens (including phenoxy) is 1. The summed E-state index contributed by atoms with van der Waals surface area (Å²) in [5.41, 5.74) is 6.80. The lowest BCUT2D eigenvalue weighted by Crippen LogP contribution is -1.98. The van der Waals surface area contributed by atoms with Crippen molar-refractivity contribution in [3.8, 4) is 5.75 Å². The first-order chi connectivity index (χ1) is 8.22. The molecule has 0 fully saturated rings. The highest BCUT2D eigenvalue weighted by molar-refractivity contribution is 8.01. The molecule has 0 atom stereocenters. The Labute approximate surface area is 108 Å². The second-order valence-electron chi connectivity index (χ2n) is 3.39. The van der Waals surface area contributed by atoms with Gasteiger partial charge in [0.05, 0.1) is 7.11 Å². The van der Waals surface area contributed by atoms with Crippen LogP contribution in [-0.4, -0.2) is 16.5 Å². The van der Waals surface area contributed by atoms with Crippen molar-refractivity contribution >= 4 is 23.3 Å². The van der Waals surface area contributed by atoms with Crippen LogP contribution in [0.25, 0.3) is 0 Å². The Morgan fingerprint density at radius 2 is 2.29 bits per heavy atom. The van der Waals surface area contributed by atoms with E-state index in [2.05, 4.69) is 9.36 Å². The van der Waals surface area contributed by atoms with Crippen LogP contribution < -0.4 is 10.5 Å². The third kappa shape index (κ3) is 2.96. The Kier molecular flexibility index (Phi) is 3.98. The fraction of sp³-hybridized carbons (Fsp3) is 0.273. The number of hydrogen-bond acceptors (Lipinski definition) is 6. The molecular formula is C11H13N3OS2. The topological polar surface area (TPSA) is 61.0 Å². The first-order valence-electron chi connectivity index (χ1n) is 5.08. The molecule has 90 valence electrons. The molecule has 0 aliphatic heterocycles. The third-order valence-electron chi connectivity index (χ3n) is 2.20. The molecule has 6 heteroatoms. The van der Waals surface area contributed by atoms with Crippen LogP contribution in [-0.2, 0) is 6.54 Å². The van der Waals surface area contributed by atoms with Gasteiger partial charge in [0.1, 0.15) is 11.6 Å². The number of hydrogen-bond donors (Lipinski definition) is 1. The van der Waals surface area contributed by atoms with Crippen molar-refractivity contribution in [3.05, 3.63) is 29.6 Å². The molecule has 0 saturated heterocycles. The van der Waals surface area contributed by atoms with Crippen LogP contribution >= 0.6 is 23.3 Å². The highest BCUT2D eigenvalue weighted by atomic mass is 32.2. The Morgan fingerprint density at radius 3 is 2.88 bits per heavy atom. The van der Waals surface area contributed by atoms with E-state index in [1.807, 2.05) is 25.1 Å². The predicted octanol–water partition coefficient (Wildman–Crippen LogP) is 2.47. The van der Waals surface area contributed by atoms with Gasteiger partial charge in [-0.25, -0.2) is 4.98 Å². The van der Waals surface area contributed by atoms with Gasteiger partial charge in [-0.05, 0) is 36.2 Å². The molecule has 0 saturated carbocycles. The van der Waals surface area contributed by atoms with Crippen LogP contribution in [0.2, 0.25) is 0 Å². The maximum absolute atomic E-state index is 5.71. The number of methoxy groups -OCH3 is 1. The van der Waals surface area contributed by atoms with Crippen LogP contribution in [0.1, 0.15) is 11.4 Å². The molecule has 1 aromatic heterocycles. The molecule has 17 heavy (non-hydrogen) atoms. The monoisotopic (exact) mass is 267 g/mol. The number of aromatic nitrogens is 2. The van der Waals surface area contributed by atoms with Crippen molar-refractivity contribution in [2.45, 2.75) is 22.7 Å². The molecule has 1 heterocycles. The summed E-state index contributed by atoms with van der Waals surface area (Å²) < 4.78 is 10.3. The van der Waals surface area contributed by atoms with Crippen LogP contribution in [0.5, 0.6) is 5.75 Å². The minimum Gasteiger partial charge on any atom is -0.497 e. The predicted molar refractivity (Wildman–Crippen MR) is 69.7 cm³/mol.